The van der Waals surface area contributed by atoms with Crippen LogP contribution in [0.1, 0.15) is 5.56 Å². The van der Waals surface area contributed by atoms with E-state index in [2.05, 4.69) is 67.8 Å². The van der Waals surface area contributed by atoms with Crippen LogP contribution in [-0.2, 0) is 0 Å². The molecule has 0 N–H and O–H groups in total. The van der Waals surface area contributed by atoms with Crippen molar-refractivity contribution < 1.29 is 0 Å². The summed E-state index contributed by atoms with van der Waals surface area (Å²) < 4.78 is 0. The van der Waals surface area contributed by atoms with Gasteiger partial charge in [0.25, 0.3) is 0 Å². The van der Waals surface area contributed by atoms with Gasteiger partial charge in [-0.15, -0.1) is 0 Å². The summed E-state index contributed by atoms with van der Waals surface area (Å²) in [6.07, 6.45) is 6.42. The van der Waals surface area contributed by atoms with E-state index in [1.165, 1.54) is 5.56 Å². The summed E-state index contributed by atoms with van der Waals surface area (Å²) in [6, 6.07) is 10.4. The monoisotopic (exact) mass is 202 g/mol. The van der Waals surface area contributed by atoms with Crippen LogP contribution in [0.25, 0.3) is 6.08 Å². The molecule has 0 nitrogen and oxygen atoms in total. The third-order valence-corrected chi connectivity index (χ3v) is 2.99. The van der Waals surface area contributed by atoms with Crippen LogP contribution in [0, 0.1) is 0 Å². The largest absolute Gasteiger partial charge is 0.0950 e. The third kappa shape index (κ3) is 4.82. The van der Waals surface area contributed by atoms with Gasteiger partial charge in [-0.05, 0) is 5.56 Å². The lowest BCUT2D eigenvalue weighted by Crippen LogP contribution is -2.14. The van der Waals surface area contributed by atoms with Gasteiger partial charge in [0.15, 0.2) is 0 Å². The molecule has 0 saturated carbocycles. The van der Waals surface area contributed by atoms with E-state index in [9.17, 15) is 0 Å². The van der Waals surface area contributed by atoms with Crippen LogP contribution in [0.15, 0.2) is 48.2 Å². The lowest BCUT2D eigenvalue weighted by Gasteiger charge is -2.06. The highest BCUT2D eigenvalue weighted by atomic mass is 28.3. The number of hydrogen-bond acceptors (Lipinski definition) is 0. The van der Waals surface area contributed by atoms with Gasteiger partial charge in [-0.25, -0.2) is 0 Å². The van der Waals surface area contributed by atoms with Crippen molar-refractivity contribution >= 4 is 14.1 Å². The summed E-state index contributed by atoms with van der Waals surface area (Å²) in [6.45, 7) is 7.00. The first kappa shape index (κ1) is 11.0. The molecule has 0 amide bonds. The fourth-order valence-corrected chi connectivity index (χ4v) is 1.76. The molecule has 0 aliphatic rings. The Bertz CT molecular complexity index is 315. The summed E-state index contributed by atoms with van der Waals surface area (Å²) in [5, 5.41) is 0. The summed E-state index contributed by atoms with van der Waals surface area (Å²) >= 11 is 0. The van der Waals surface area contributed by atoms with Crippen LogP contribution in [-0.4, -0.2) is 8.07 Å². The molecule has 0 unspecified atom stereocenters. The van der Waals surface area contributed by atoms with E-state index in [0.717, 1.165) is 0 Å². The van der Waals surface area contributed by atoms with Crippen LogP contribution >= 0.6 is 0 Å². The molecule has 1 aromatic rings. The fraction of sp³-hybridized carbons (Fsp3) is 0.231. The molecule has 0 fully saturated rings. The summed E-state index contributed by atoms with van der Waals surface area (Å²) in [7, 11) is -1.03. The van der Waals surface area contributed by atoms with Gasteiger partial charge < -0.3 is 0 Å². The molecular formula is C13H18Si. The normalized spacial score (nSPS) is 12.8. The molecule has 0 saturated heterocycles. The highest BCUT2D eigenvalue weighted by Gasteiger charge is 2.05. The molecule has 1 rings (SSSR count). The first-order chi connectivity index (χ1) is 6.58. The minimum Gasteiger partial charge on any atom is -0.0950 e. The second-order valence-corrected chi connectivity index (χ2v) is 9.56. The number of hydrogen-bond donors (Lipinski definition) is 0. The van der Waals surface area contributed by atoms with Gasteiger partial charge >= 0.3 is 0 Å². The maximum atomic E-state index is 2.34. The summed E-state index contributed by atoms with van der Waals surface area (Å²) in [4.78, 5) is 0. The predicted octanol–water partition coefficient (Wildman–Crippen LogP) is 4.13. The molecule has 0 atom stereocenters. The Morgan fingerprint density at radius 2 is 1.57 bits per heavy atom. The van der Waals surface area contributed by atoms with E-state index >= 15 is 0 Å². The molecule has 1 heteroatoms. The smallest absolute Gasteiger partial charge is 0.0687 e. The second-order valence-electron chi connectivity index (χ2n) is 4.49. The zero-order valence-electron chi connectivity index (χ0n) is 9.20. The second kappa shape index (κ2) is 4.96. The molecule has 0 aliphatic carbocycles. The molecule has 0 bridgehead atoms. The Balaban J connectivity index is 2.54. The minimum atomic E-state index is -1.03. The molecule has 74 valence electrons. The Hall–Kier alpha value is -1.08. The van der Waals surface area contributed by atoms with Crippen LogP contribution in [0.4, 0.5) is 0 Å². The standard InChI is InChI=1S/C13H18Si/c1-14(2,3)12-8-7-11-13-9-5-4-6-10-13/h4-12H,1-3H3/b11-7+,12-8-. The van der Waals surface area contributed by atoms with Crippen molar-refractivity contribution in [1.29, 1.82) is 0 Å². The van der Waals surface area contributed by atoms with Gasteiger partial charge in [0.2, 0.25) is 0 Å². The molecule has 0 aliphatic heterocycles. The van der Waals surface area contributed by atoms with E-state index in [-0.39, 0.29) is 0 Å². The van der Waals surface area contributed by atoms with Gasteiger partial charge in [0.05, 0.1) is 8.07 Å². The van der Waals surface area contributed by atoms with E-state index in [1.807, 2.05) is 6.07 Å². The first-order valence-electron chi connectivity index (χ1n) is 4.99. The average Bonchev–Trinajstić information content (AvgIpc) is 2.13. The van der Waals surface area contributed by atoms with Crippen molar-refractivity contribution in [2.45, 2.75) is 19.6 Å². The van der Waals surface area contributed by atoms with Crippen LogP contribution in [0.5, 0.6) is 0 Å². The molecule has 0 heterocycles. The van der Waals surface area contributed by atoms with E-state index in [1.54, 1.807) is 0 Å². The summed E-state index contributed by atoms with van der Waals surface area (Å²) in [5.74, 6) is 0. The van der Waals surface area contributed by atoms with Crippen molar-refractivity contribution in [2.24, 2.45) is 0 Å². The summed E-state index contributed by atoms with van der Waals surface area (Å²) in [5.41, 5.74) is 3.60. The fourth-order valence-electron chi connectivity index (χ4n) is 1.08. The van der Waals surface area contributed by atoms with Crippen molar-refractivity contribution in [3.05, 3.63) is 53.7 Å². The number of rotatable bonds is 3. The maximum absolute atomic E-state index is 2.34. The molecule has 14 heavy (non-hydrogen) atoms. The zero-order chi connectivity index (χ0) is 10.4. The van der Waals surface area contributed by atoms with Crippen molar-refractivity contribution in [1.82, 2.24) is 0 Å². The highest BCUT2D eigenvalue weighted by molar-refractivity contribution is 6.81. The Morgan fingerprint density at radius 3 is 2.14 bits per heavy atom. The minimum absolute atomic E-state index is 1.03. The van der Waals surface area contributed by atoms with Crippen LogP contribution in [0.3, 0.4) is 0 Å². The Labute approximate surface area is 88.0 Å². The molecule has 0 radical (unpaired) electrons. The lowest BCUT2D eigenvalue weighted by molar-refractivity contribution is 1.66. The zero-order valence-corrected chi connectivity index (χ0v) is 10.2. The molecule has 1 aromatic carbocycles. The highest BCUT2D eigenvalue weighted by Crippen LogP contribution is 2.04. The third-order valence-electron chi connectivity index (χ3n) is 1.80. The van der Waals surface area contributed by atoms with Gasteiger partial charge in [-0.2, -0.15) is 0 Å². The van der Waals surface area contributed by atoms with Gasteiger partial charge in [0, 0.05) is 0 Å². The quantitative estimate of drug-likeness (QED) is 0.510. The van der Waals surface area contributed by atoms with Crippen molar-refractivity contribution in [2.75, 3.05) is 0 Å². The van der Waals surface area contributed by atoms with Gasteiger partial charge in [-0.1, -0.05) is 73.9 Å². The number of allylic oxidation sites excluding steroid dienone is 2. The van der Waals surface area contributed by atoms with Crippen molar-refractivity contribution in [3.63, 3.8) is 0 Å². The Morgan fingerprint density at radius 1 is 0.929 bits per heavy atom. The van der Waals surface area contributed by atoms with E-state index < -0.39 is 8.07 Å². The molecule has 0 spiro atoms. The lowest BCUT2D eigenvalue weighted by atomic mass is 10.2. The SMILES string of the molecule is C[Si](C)(C)/C=C\C=C\c1ccccc1. The van der Waals surface area contributed by atoms with Crippen LogP contribution < -0.4 is 0 Å². The molecule has 0 aromatic heterocycles. The van der Waals surface area contributed by atoms with E-state index in [4.69, 9.17) is 0 Å². The predicted molar refractivity (Wildman–Crippen MR) is 68.0 cm³/mol. The Kier molecular flexibility index (Phi) is 3.90. The average molecular weight is 202 g/mol. The van der Waals surface area contributed by atoms with Gasteiger partial charge in [0.1, 0.15) is 0 Å². The maximum Gasteiger partial charge on any atom is 0.0687 e. The first-order valence-corrected chi connectivity index (χ1v) is 8.57. The molecular weight excluding hydrogens is 184 g/mol. The van der Waals surface area contributed by atoms with Crippen LogP contribution in [0.2, 0.25) is 19.6 Å². The van der Waals surface area contributed by atoms with Crippen molar-refractivity contribution in [3.8, 4) is 0 Å². The van der Waals surface area contributed by atoms with E-state index in [0.29, 0.717) is 0 Å². The van der Waals surface area contributed by atoms with Gasteiger partial charge in [-0.3, -0.25) is 0 Å². The number of benzene rings is 1. The topological polar surface area (TPSA) is 0 Å².